The number of amides is 1. The van der Waals surface area contributed by atoms with E-state index in [2.05, 4.69) is 5.10 Å². The lowest BCUT2D eigenvalue weighted by atomic mass is 10.2. The predicted octanol–water partition coefficient (Wildman–Crippen LogP) is 2.01. The first-order valence-electron chi connectivity index (χ1n) is 5.35. The molecule has 102 valence electrons. The minimum Gasteiger partial charge on any atom is -0.282 e. The van der Waals surface area contributed by atoms with E-state index in [4.69, 9.17) is 11.6 Å². The van der Waals surface area contributed by atoms with Gasteiger partial charge in [-0.2, -0.15) is 18.5 Å². The van der Waals surface area contributed by atoms with Gasteiger partial charge >= 0.3 is 0 Å². The van der Waals surface area contributed by atoms with Gasteiger partial charge in [-0.05, 0) is 31.5 Å². The Kier molecular flexibility index (Phi) is 3.38. The van der Waals surface area contributed by atoms with Crippen LogP contribution in [0, 0.1) is 6.92 Å². The van der Waals surface area contributed by atoms with Crippen molar-refractivity contribution in [3.8, 4) is 0 Å². The Morgan fingerprint density at radius 1 is 1.37 bits per heavy atom. The van der Waals surface area contributed by atoms with Gasteiger partial charge in [-0.1, -0.05) is 11.6 Å². The summed E-state index contributed by atoms with van der Waals surface area (Å²) < 4.78 is 32.0. The highest BCUT2D eigenvalue weighted by molar-refractivity contribution is 7.86. The molecule has 0 aromatic heterocycles. The summed E-state index contributed by atoms with van der Waals surface area (Å²) in [6, 6.07) is 2.52. The van der Waals surface area contributed by atoms with Crippen molar-refractivity contribution in [1.29, 1.82) is 0 Å². The molecular formula is C11H11ClN2O4S. The lowest BCUT2D eigenvalue weighted by Crippen LogP contribution is -2.22. The van der Waals surface area contributed by atoms with Crippen molar-refractivity contribution in [3.05, 3.63) is 22.7 Å². The maximum Gasteiger partial charge on any atom is 0.296 e. The molecule has 0 saturated heterocycles. The summed E-state index contributed by atoms with van der Waals surface area (Å²) in [7, 11) is -4.47. The molecule has 19 heavy (non-hydrogen) atoms. The number of hydrogen-bond donors (Lipinski definition) is 1. The summed E-state index contributed by atoms with van der Waals surface area (Å²) in [6.07, 6.45) is 0.108. The zero-order valence-electron chi connectivity index (χ0n) is 10.2. The van der Waals surface area contributed by atoms with E-state index < -0.39 is 10.1 Å². The van der Waals surface area contributed by atoms with Gasteiger partial charge in [0.15, 0.2) is 0 Å². The fourth-order valence-electron chi connectivity index (χ4n) is 1.76. The van der Waals surface area contributed by atoms with Crippen molar-refractivity contribution in [1.82, 2.24) is 0 Å². The van der Waals surface area contributed by atoms with E-state index in [1.807, 2.05) is 0 Å². The van der Waals surface area contributed by atoms with Crippen LogP contribution in [0.1, 0.15) is 18.9 Å². The van der Waals surface area contributed by atoms with Gasteiger partial charge in [0.25, 0.3) is 16.0 Å². The molecule has 1 heterocycles. The number of hydrogen-bond acceptors (Lipinski definition) is 4. The molecule has 1 amide bonds. The molecule has 0 atom stereocenters. The van der Waals surface area contributed by atoms with E-state index in [0.717, 1.165) is 5.01 Å². The molecule has 0 fully saturated rings. The SMILES string of the molecule is CC1=NN(c2cc(Cl)c(C)cc2S(=O)(=O)O)C(=O)C1. The number of aryl methyl sites for hydroxylation is 1. The van der Waals surface area contributed by atoms with E-state index in [-0.39, 0.29) is 27.9 Å². The van der Waals surface area contributed by atoms with Crippen molar-refractivity contribution < 1.29 is 17.8 Å². The van der Waals surface area contributed by atoms with Crippen LogP contribution in [-0.4, -0.2) is 24.6 Å². The van der Waals surface area contributed by atoms with Crippen LogP contribution in [0.15, 0.2) is 22.1 Å². The van der Waals surface area contributed by atoms with Crippen LogP contribution in [-0.2, 0) is 14.9 Å². The number of nitrogens with zero attached hydrogens (tertiary/aromatic N) is 2. The molecule has 0 radical (unpaired) electrons. The molecule has 1 aromatic carbocycles. The monoisotopic (exact) mass is 302 g/mol. The van der Waals surface area contributed by atoms with Crippen LogP contribution in [0.2, 0.25) is 5.02 Å². The molecule has 0 spiro atoms. The molecular weight excluding hydrogens is 292 g/mol. The minimum atomic E-state index is -4.47. The van der Waals surface area contributed by atoms with Gasteiger partial charge in [0.05, 0.1) is 12.1 Å². The van der Waals surface area contributed by atoms with Gasteiger partial charge in [0.2, 0.25) is 0 Å². The standard InChI is InChI=1S/C11H11ClN2O4S/c1-6-3-10(19(16,17)18)9(5-8(6)12)14-11(15)4-7(2)13-14/h3,5H,4H2,1-2H3,(H,16,17,18). The first-order chi connectivity index (χ1) is 8.70. The molecule has 0 aliphatic carbocycles. The third kappa shape index (κ3) is 2.63. The van der Waals surface area contributed by atoms with Gasteiger partial charge < -0.3 is 0 Å². The maximum absolute atomic E-state index is 11.8. The minimum absolute atomic E-state index is 0.0417. The summed E-state index contributed by atoms with van der Waals surface area (Å²) >= 11 is 5.94. The highest BCUT2D eigenvalue weighted by Crippen LogP contribution is 2.33. The van der Waals surface area contributed by atoms with Crippen LogP contribution >= 0.6 is 11.6 Å². The van der Waals surface area contributed by atoms with Crippen molar-refractivity contribution in [2.24, 2.45) is 5.10 Å². The molecule has 0 saturated carbocycles. The molecule has 1 aliphatic heterocycles. The quantitative estimate of drug-likeness (QED) is 0.847. The van der Waals surface area contributed by atoms with E-state index in [1.165, 1.54) is 12.1 Å². The van der Waals surface area contributed by atoms with Crippen LogP contribution in [0.5, 0.6) is 0 Å². The van der Waals surface area contributed by atoms with Gasteiger partial charge in [0.1, 0.15) is 4.90 Å². The lowest BCUT2D eigenvalue weighted by molar-refractivity contribution is -0.116. The number of carbonyl (C=O) groups is 1. The smallest absolute Gasteiger partial charge is 0.282 e. The number of hydrazone groups is 1. The number of rotatable bonds is 2. The average Bonchev–Trinajstić information content (AvgIpc) is 2.59. The topological polar surface area (TPSA) is 87.0 Å². The highest BCUT2D eigenvalue weighted by atomic mass is 35.5. The van der Waals surface area contributed by atoms with Crippen LogP contribution in [0.25, 0.3) is 0 Å². The molecule has 6 nitrogen and oxygen atoms in total. The van der Waals surface area contributed by atoms with Crippen molar-refractivity contribution in [2.75, 3.05) is 5.01 Å². The second-order valence-corrected chi connectivity index (χ2v) is 6.06. The fourth-order valence-corrected chi connectivity index (χ4v) is 2.65. The first kappa shape index (κ1) is 14.0. The molecule has 2 rings (SSSR count). The Morgan fingerprint density at radius 2 is 2.00 bits per heavy atom. The van der Waals surface area contributed by atoms with E-state index >= 15 is 0 Å². The highest BCUT2D eigenvalue weighted by Gasteiger charge is 2.29. The Hall–Kier alpha value is -1.44. The normalized spacial score (nSPS) is 15.9. The average molecular weight is 303 g/mol. The van der Waals surface area contributed by atoms with E-state index in [1.54, 1.807) is 13.8 Å². The number of halogens is 1. The molecule has 8 heteroatoms. The summed E-state index contributed by atoms with van der Waals surface area (Å²) in [5.74, 6) is -0.373. The summed E-state index contributed by atoms with van der Waals surface area (Å²) in [5, 5.41) is 5.19. The second kappa shape index (κ2) is 4.59. The lowest BCUT2D eigenvalue weighted by Gasteiger charge is -2.16. The van der Waals surface area contributed by atoms with Crippen molar-refractivity contribution in [3.63, 3.8) is 0 Å². The largest absolute Gasteiger partial charge is 0.296 e. The maximum atomic E-state index is 11.8. The third-order valence-corrected chi connectivity index (χ3v) is 3.95. The van der Waals surface area contributed by atoms with E-state index in [9.17, 15) is 17.8 Å². The molecule has 0 unspecified atom stereocenters. The zero-order chi connectivity index (χ0) is 14.4. The van der Waals surface area contributed by atoms with Crippen molar-refractivity contribution in [2.45, 2.75) is 25.2 Å². The molecule has 1 aliphatic rings. The Labute approximate surface area is 115 Å². The molecule has 1 aromatic rings. The van der Waals surface area contributed by atoms with Crippen LogP contribution in [0.3, 0.4) is 0 Å². The van der Waals surface area contributed by atoms with Gasteiger partial charge in [0, 0.05) is 10.7 Å². The van der Waals surface area contributed by atoms with Gasteiger partial charge in [-0.25, -0.2) is 0 Å². The van der Waals surface area contributed by atoms with Crippen LogP contribution in [0.4, 0.5) is 5.69 Å². The number of benzene rings is 1. The Balaban J connectivity index is 2.69. The number of carbonyl (C=O) groups excluding carboxylic acids is 1. The van der Waals surface area contributed by atoms with Gasteiger partial charge in [-0.15, -0.1) is 0 Å². The number of anilines is 1. The zero-order valence-corrected chi connectivity index (χ0v) is 11.8. The summed E-state index contributed by atoms with van der Waals surface area (Å²) in [5.41, 5.74) is 0.994. The molecule has 0 bridgehead atoms. The van der Waals surface area contributed by atoms with Crippen molar-refractivity contribution >= 4 is 39.0 Å². The Bertz CT molecular complexity index is 697. The molecule has 1 N–H and O–H groups in total. The summed E-state index contributed by atoms with van der Waals surface area (Å²) in [6.45, 7) is 3.25. The Morgan fingerprint density at radius 3 is 2.47 bits per heavy atom. The third-order valence-electron chi connectivity index (χ3n) is 2.66. The second-order valence-electron chi connectivity index (χ2n) is 4.26. The predicted molar refractivity (Wildman–Crippen MR) is 71.2 cm³/mol. The summed E-state index contributed by atoms with van der Waals surface area (Å²) in [4.78, 5) is 11.4. The van der Waals surface area contributed by atoms with Gasteiger partial charge in [-0.3, -0.25) is 9.35 Å². The fraction of sp³-hybridized carbons (Fsp3) is 0.273. The van der Waals surface area contributed by atoms with E-state index in [0.29, 0.717) is 11.3 Å². The first-order valence-corrected chi connectivity index (χ1v) is 7.16. The van der Waals surface area contributed by atoms with Crippen LogP contribution < -0.4 is 5.01 Å².